The molecule has 0 aliphatic carbocycles. The number of hydrogen-bond donors (Lipinski definition) is 2. The quantitative estimate of drug-likeness (QED) is 0.412. The molecular formula is C29H29F4N5O4. The van der Waals surface area contributed by atoms with Gasteiger partial charge in [-0.2, -0.15) is 5.10 Å². The number of nitrogens with one attached hydrogen (secondary N) is 2. The van der Waals surface area contributed by atoms with Crippen molar-refractivity contribution in [3.63, 3.8) is 0 Å². The van der Waals surface area contributed by atoms with Gasteiger partial charge in [0, 0.05) is 44.4 Å². The second kappa shape index (κ2) is 11.6. The van der Waals surface area contributed by atoms with Crippen LogP contribution in [0.15, 0.2) is 58.0 Å². The molecule has 0 radical (unpaired) electrons. The molecule has 1 fully saturated rings. The molecule has 3 heterocycles. The van der Waals surface area contributed by atoms with E-state index in [0.29, 0.717) is 25.3 Å². The summed E-state index contributed by atoms with van der Waals surface area (Å²) in [5.41, 5.74) is -2.41. The largest absolute Gasteiger partial charge is 0.455 e. The minimum absolute atomic E-state index is 0.0346. The lowest BCUT2D eigenvalue weighted by molar-refractivity contribution is -0.127. The molecular weight excluding hydrogens is 558 g/mol. The lowest BCUT2D eigenvalue weighted by Crippen LogP contribution is -2.58. The molecule has 3 unspecified atom stereocenters. The number of nitrogens with zero attached hydrogens (tertiary/aromatic N) is 3. The van der Waals surface area contributed by atoms with Gasteiger partial charge in [-0.05, 0) is 50.4 Å². The number of hydrogen-bond acceptors (Lipinski definition) is 7. The van der Waals surface area contributed by atoms with Crippen LogP contribution in [0.4, 0.5) is 23.2 Å². The Balaban J connectivity index is 1.66. The molecule has 3 atom stereocenters. The normalized spacial score (nSPS) is 22.6. The number of carbonyl (C=O) groups is 2. The molecule has 1 aromatic heterocycles. The van der Waals surface area contributed by atoms with Crippen molar-refractivity contribution in [1.82, 2.24) is 15.5 Å². The van der Waals surface area contributed by atoms with Gasteiger partial charge in [0.2, 0.25) is 5.91 Å². The summed E-state index contributed by atoms with van der Waals surface area (Å²) in [5.74, 6) is -6.23. The SMILES string of the molecule is CNC(=O)c1ccc(C2C(c3ccc(F)cc3F)=NN(c3ccc(F)cc3F)C2(C)C(=O)NCC2CN(C)CCO2)o1. The van der Waals surface area contributed by atoms with E-state index < -0.39 is 46.5 Å². The molecule has 0 spiro atoms. The molecule has 1 saturated heterocycles. The maximum atomic E-state index is 15.3. The van der Waals surface area contributed by atoms with Crippen molar-refractivity contribution in [3.8, 4) is 0 Å². The van der Waals surface area contributed by atoms with Crippen molar-refractivity contribution < 1.29 is 36.3 Å². The molecule has 42 heavy (non-hydrogen) atoms. The van der Waals surface area contributed by atoms with E-state index >= 15 is 8.78 Å². The van der Waals surface area contributed by atoms with Crippen LogP contribution in [-0.4, -0.2) is 74.4 Å². The second-order valence-corrected chi connectivity index (χ2v) is 10.3. The molecule has 0 saturated carbocycles. The van der Waals surface area contributed by atoms with Gasteiger partial charge >= 0.3 is 0 Å². The third-order valence-electron chi connectivity index (χ3n) is 7.48. The first-order valence-electron chi connectivity index (χ1n) is 13.2. The minimum Gasteiger partial charge on any atom is -0.455 e. The number of amides is 2. The summed E-state index contributed by atoms with van der Waals surface area (Å²) in [4.78, 5) is 28.5. The number of hydrazone groups is 1. The van der Waals surface area contributed by atoms with E-state index in [2.05, 4.69) is 15.7 Å². The minimum atomic E-state index is -1.85. The van der Waals surface area contributed by atoms with Crippen LogP contribution >= 0.6 is 0 Å². The molecule has 222 valence electrons. The average Bonchev–Trinajstić information content (AvgIpc) is 3.54. The third-order valence-corrected chi connectivity index (χ3v) is 7.48. The second-order valence-electron chi connectivity index (χ2n) is 10.3. The Morgan fingerprint density at radius 3 is 2.43 bits per heavy atom. The van der Waals surface area contributed by atoms with Gasteiger partial charge in [0.05, 0.1) is 30.0 Å². The molecule has 2 aromatic carbocycles. The Morgan fingerprint density at radius 1 is 1.05 bits per heavy atom. The van der Waals surface area contributed by atoms with Crippen LogP contribution in [0.2, 0.25) is 0 Å². The Labute approximate surface area is 239 Å². The van der Waals surface area contributed by atoms with Crippen LogP contribution < -0.4 is 15.6 Å². The summed E-state index contributed by atoms with van der Waals surface area (Å²) in [6.45, 7) is 3.29. The molecule has 13 heteroatoms. The van der Waals surface area contributed by atoms with E-state index in [9.17, 15) is 18.4 Å². The van der Waals surface area contributed by atoms with E-state index in [1.54, 1.807) is 0 Å². The monoisotopic (exact) mass is 587 g/mol. The fraction of sp³-hybridized carbons (Fsp3) is 0.345. The highest BCUT2D eigenvalue weighted by atomic mass is 19.1. The molecule has 9 nitrogen and oxygen atoms in total. The summed E-state index contributed by atoms with van der Waals surface area (Å²) in [5, 5.41) is 10.8. The first-order chi connectivity index (χ1) is 20.0. The third kappa shape index (κ3) is 5.37. The zero-order chi connectivity index (χ0) is 30.2. The summed E-state index contributed by atoms with van der Waals surface area (Å²) in [7, 11) is 3.32. The van der Waals surface area contributed by atoms with E-state index in [1.165, 1.54) is 26.1 Å². The summed E-state index contributed by atoms with van der Waals surface area (Å²) < 4.78 is 69.9. The van der Waals surface area contributed by atoms with Crippen molar-refractivity contribution in [2.45, 2.75) is 24.5 Å². The van der Waals surface area contributed by atoms with Crippen molar-refractivity contribution in [2.75, 3.05) is 45.3 Å². The van der Waals surface area contributed by atoms with E-state index in [1.807, 2.05) is 11.9 Å². The molecule has 2 amide bonds. The highest BCUT2D eigenvalue weighted by Gasteiger charge is 2.57. The van der Waals surface area contributed by atoms with Gasteiger partial charge < -0.3 is 24.7 Å². The molecule has 2 N–H and O–H groups in total. The zero-order valence-corrected chi connectivity index (χ0v) is 23.1. The fourth-order valence-electron chi connectivity index (χ4n) is 5.29. The van der Waals surface area contributed by atoms with Crippen molar-refractivity contribution in [3.05, 3.63) is 88.9 Å². The predicted molar refractivity (Wildman–Crippen MR) is 145 cm³/mol. The number of carbonyl (C=O) groups excluding carboxylic acids is 2. The summed E-state index contributed by atoms with van der Waals surface area (Å²) in [6.07, 6.45) is -0.342. The lowest BCUT2D eigenvalue weighted by atomic mass is 9.78. The number of likely N-dealkylation sites (N-methyl/N-ethyl adjacent to an activating group) is 1. The van der Waals surface area contributed by atoms with Gasteiger partial charge in [0.25, 0.3) is 5.91 Å². The van der Waals surface area contributed by atoms with Gasteiger partial charge in [-0.3, -0.25) is 9.59 Å². The van der Waals surface area contributed by atoms with Gasteiger partial charge in [-0.15, -0.1) is 0 Å². The highest BCUT2D eigenvalue weighted by molar-refractivity contribution is 6.13. The highest BCUT2D eigenvalue weighted by Crippen LogP contribution is 2.46. The number of rotatable bonds is 7. The van der Waals surface area contributed by atoms with Crippen LogP contribution in [0.3, 0.4) is 0 Å². The average molecular weight is 588 g/mol. The maximum absolute atomic E-state index is 15.3. The van der Waals surface area contributed by atoms with E-state index in [0.717, 1.165) is 35.8 Å². The van der Waals surface area contributed by atoms with Crippen LogP contribution in [0.25, 0.3) is 0 Å². The molecule has 5 rings (SSSR count). The number of ether oxygens (including phenoxy) is 1. The van der Waals surface area contributed by atoms with E-state index in [-0.39, 0.29) is 41.1 Å². The van der Waals surface area contributed by atoms with Crippen LogP contribution in [-0.2, 0) is 9.53 Å². The first kappa shape index (κ1) is 29.3. The number of halogens is 4. The zero-order valence-electron chi connectivity index (χ0n) is 23.1. The predicted octanol–water partition coefficient (Wildman–Crippen LogP) is 3.41. The van der Waals surface area contributed by atoms with Gasteiger partial charge in [-0.25, -0.2) is 22.6 Å². The van der Waals surface area contributed by atoms with Crippen LogP contribution in [0, 0.1) is 23.3 Å². The maximum Gasteiger partial charge on any atom is 0.286 e. The van der Waals surface area contributed by atoms with Crippen molar-refractivity contribution in [2.24, 2.45) is 5.10 Å². The van der Waals surface area contributed by atoms with Crippen LogP contribution in [0.1, 0.15) is 34.7 Å². The Morgan fingerprint density at radius 2 is 1.76 bits per heavy atom. The first-order valence-corrected chi connectivity index (χ1v) is 13.2. The van der Waals surface area contributed by atoms with Crippen molar-refractivity contribution in [1.29, 1.82) is 0 Å². The number of benzene rings is 2. The number of morpholine rings is 1. The van der Waals surface area contributed by atoms with Gasteiger partial charge in [0.15, 0.2) is 17.1 Å². The Hall–Kier alpha value is -4.23. The molecule has 3 aromatic rings. The topological polar surface area (TPSA) is 99.4 Å². The number of anilines is 1. The number of furan rings is 1. The molecule has 2 aliphatic heterocycles. The van der Waals surface area contributed by atoms with Gasteiger partial charge in [0.1, 0.15) is 23.2 Å². The fourth-order valence-corrected chi connectivity index (χ4v) is 5.29. The lowest BCUT2D eigenvalue weighted by Gasteiger charge is -2.37. The van der Waals surface area contributed by atoms with Gasteiger partial charge in [-0.1, -0.05) is 0 Å². The summed E-state index contributed by atoms with van der Waals surface area (Å²) >= 11 is 0. The van der Waals surface area contributed by atoms with Crippen molar-refractivity contribution >= 4 is 23.2 Å². The van der Waals surface area contributed by atoms with E-state index in [4.69, 9.17) is 9.15 Å². The molecule has 0 bridgehead atoms. The molecule has 2 aliphatic rings. The van der Waals surface area contributed by atoms with Crippen LogP contribution in [0.5, 0.6) is 0 Å². The standard InChI is InChI=1S/C29H29F4N5O4/c1-29(28(40)35-14-18-15-37(3)10-11-41-18)25(23-8-9-24(42-23)27(39)34-2)26(19-6-4-16(30)12-20(19)32)36-38(29)22-7-5-17(31)13-21(22)33/h4-9,12-13,18,25H,10-11,14-15H2,1-3H3,(H,34,39)(H,35,40). The Bertz CT molecular complexity index is 1550. The smallest absolute Gasteiger partial charge is 0.286 e. The summed E-state index contributed by atoms with van der Waals surface area (Å²) in [6, 6.07) is 8.37. The Kier molecular flexibility index (Phi) is 8.06.